The molecule has 1 aliphatic rings. The molecule has 1 rings (SSSR count). The number of nitrogens with zero attached hydrogens (tertiary/aromatic N) is 1. The van der Waals surface area contributed by atoms with Crippen LogP contribution < -0.4 is 11.1 Å². The molecule has 1 heterocycles. The molecule has 3 N–H and O–H groups in total. The summed E-state index contributed by atoms with van der Waals surface area (Å²) in [7, 11) is 0. The van der Waals surface area contributed by atoms with Crippen molar-refractivity contribution in [3.63, 3.8) is 0 Å². The van der Waals surface area contributed by atoms with E-state index in [1.165, 1.54) is 25.7 Å². The average molecular weight is 223 g/mol. The lowest BCUT2D eigenvalue weighted by Gasteiger charge is -2.24. The second-order valence-corrected chi connectivity index (χ2v) is 4.19. The van der Waals surface area contributed by atoms with Gasteiger partial charge in [-0.15, -0.1) is 0 Å². The van der Waals surface area contributed by atoms with E-state index >= 15 is 0 Å². The lowest BCUT2D eigenvalue weighted by molar-refractivity contribution is 0.265. The molecule has 0 saturated carbocycles. The summed E-state index contributed by atoms with van der Waals surface area (Å²) in [6, 6.07) is 0. The number of nitrogens with two attached hydrogens (primary N) is 1. The zero-order chi connectivity index (χ0) is 11.6. The Morgan fingerprint density at radius 2 is 2.25 bits per heavy atom. The lowest BCUT2D eigenvalue weighted by Crippen LogP contribution is -2.37. The molecular weight excluding hydrogens is 198 g/mol. The van der Waals surface area contributed by atoms with Crippen molar-refractivity contribution in [2.24, 2.45) is 5.73 Å². The quantitative estimate of drug-likeness (QED) is 0.489. The van der Waals surface area contributed by atoms with Crippen molar-refractivity contribution in [1.29, 1.82) is 0 Å². The zero-order valence-corrected chi connectivity index (χ0v) is 10.4. The fraction of sp³-hybridized carbons (Fsp3) is 0.692. The first-order chi connectivity index (χ1) is 7.88. The Kier molecular flexibility index (Phi) is 6.74. The molecule has 0 aliphatic carbocycles. The van der Waals surface area contributed by atoms with Gasteiger partial charge in [-0.1, -0.05) is 19.1 Å². The van der Waals surface area contributed by atoms with Crippen LogP contribution >= 0.6 is 0 Å². The molecule has 1 unspecified atom stereocenters. The molecule has 0 bridgehead atoms. The first kappa shape index (κ1) is 13.1. The molecule has 0 amide bonds. The highest BCUT2D eigenvalue weighted by Gasteiger charge is 2.16. The predicted molar refractivity (Wildman–Crippen MR) is 69.7 cm³/mol. The molecule has 0 spiro atoms. The van der Waals surface area contributed by atoms with Gasteiger partial charge in [-0.2, -0.15) is 0 Å². The Balaban J connectivity index is 2.06. The normalized spacial score (nSPS) is 19.6. The SMILES string of the molecule is CC/C=C/CCCCC1NC=CN1CCN. The van der Waals surface area contributed by atoms with Gasteiger partial charge in [0, 0.05) is 25.5 Å². The monoisotopic (exact) mass is 223 g/mol. The molecular formula is C13H25N3. The van der Waals surface area contributed by atoms with E-state index in [4.69, 9.17) is 5.73 Å². The maximum absolute atomic E-state index is 5.57. The minimum atomic E-state index is 0.471. The first-order valence-electron chi connectivity index (χ1n) is 6.42. The Labute approximate surface area is 99.4 Å². The highest BCUT2D eigenvalue weighted by molar-refractivity contribution is 4.94. The maximum Gasteiger partial charge on any atom is 0.0981 e. The molecule has 1 aliphatic heterocycles. The number of nitrogens with one attached hydrogen (secondary N) is 1. The molecule has 16 heavy (non-hydrogen) atoms. The van der Waals surface area contributed by atoms with Gasteiger partial charge in [-0.25, -0.2) is 0 Å². The van der Waals surface area contributed by atoms with Crippen molar-refractivity contribution in [2.75, 3.05) is 13.1 Å². The van der Waals surface area contributed by atoms with Crippen LogP contribution in [0.2, 0.25) is 0 Å². The van der Waals surface area contributed by atoms with Crippen molar-refractivity contribution in [2.45, 2.75) is 45.2 Å². The van der Waals surface area contributed by atoms with E-state index in [0.29, 0.717) is 6.17 Å². The summed E-state index contributed by atoms with van der Waals surface area (Å²) >= 11 is 0. The van der Waals surface area contributed by atoms with Gasteiger partial charge in [-0.3, -0.25) is 0 Å². The van der Waals surface area contributed by atoms with Gasteiger partial charge >= 0.3 is 0 Å². The third-order valence-corrected chi connectivity index (χ3v) is 2.84. The standard InChI is InChI=1S/C13H25N3/c1-2-3-4-5-6-7-8-13-15-10-12-16(13)11-9-14/h3-4,10,12-13,15H,2,5-9,11,14H2,1H3/b4-3+. The summed E-state index contributed by atoms with van der Waals surface area (Å²) in [5, 5.41) is 3.37. The average Bonchev–Trinajstić information content (AvgIpc) is 2.72. The van der Waals surface area contributed by atoms with Gasteiger partial charge < -0.3 is 16.0 Å². The fourth-order valence-corrected chi connectivity index (χ4v) is 1.96. The minimum Gasteiger partial charge on any atom is -0.370 e. The van der Waals surface area contributed by atoms with Crippen molar-refractivity contribution >= 4 is 0 Å². The van der Waals surface area contributed by atoms with Crippen molar-refractivity contribution in [3.8, 4) is 0 Å². The third-order valence-electron chi connectivity index (χ3n) is 2.84. The number of allylic oxidation sites excluding steroid dienone is 2. The van der Waals surface area contributed by atoms with Gasteiger partial charge in [0.2, 0.25) is 0 Å². The van der Waals surface area contributed by atoms with E-state index in [1.54, 1.807) is 0 Å². The summed E-state index contributed by atoms with van der Waals surface area (Å²) in [6.45, 7) is 3.85. The lowest BCUT2D eigenvalue weighted by atomic mass is 10.1. The van der Waals surface area contributed by atoms with E-state index in [-0.39, 0.29) is 0 Å². The predicted octanol–water partition coefficient (Wildman–Crippen LogP) is 2.17. The van der Waals surface area contributed by atoms with E-state index in [9.17, 15) is 0 Å². The largest absolute Gasteiger partial charge is 0.370 e. The Hall–Kier alpha value is -0.960. The van der Waals surface area contributed by atoms with Crippen LogP contribution in [-0.4, -0.2) is 24.2 Å². The number of hydrogen-bond donors (Lipinski definition) is 2. The maximum atomic E-state index is 5.57. The van der Waals surface area contributed by atoms with Gasteiger partial charge in [0.15, 0.2) is 0 Å². The topological polar surface area (TPSA) is 41.3 Å². The smallest absolute Gasteiger partial charge is 0.0981 e. The van der Waals surface area contributed by atoms with E-state index in [1.807, 2.05) is 6.20 Å². The number of hydrogen-bond acceptors (Lipinski definition) is 3. The Morgan fingerprint density at radius 3 is 3.00 bits per heavy atom. The van der Waals surface area contributed by atoms with E-state index < -0.39 is 0 Å². The third kappa shape index (κ3) is 4.71. The summed E-state index contributed by atoms with van der Waals surface area (Å²) in [4.78, 5) is 2.29. The molecule has 0 aromatic rings. The van der Waals surface area contributed by atoms with Crippen LogP contribution in [0, 0.1) is 0 Å². The highest BCUT2D eigenvalue weighted by atomic mass is 15.3. The Bertz CT molecular complexity index is 223. The molecule has 1 atom stereocenters. The van der Waals surface area contributed by atoms with Crippen LogP contribution in [0.5, 0.6) is 0 Å². The van der Waals surface area contributed by atoms with Crippen LogP contribution in [0.25, 0.3) is 0 Å². The minimum absolute atomic E-state index is 0.471. The van der Waals surface area contributed by atoms with E-state index in [2.05, 4.69) is 35.5 Å². The molecule has 3 heteroatoms. The molecule has 0 aromatic carbocycles. The summed E-state index contributed by atoms with van der Waals surface area (Å²) in [6.07, 6.45) is 15.3. The van der Waals surface area contributed by atoms with E-state index in [0.717, 1.165) is 19.5 Å². The summed E-state index contributed by atoms with van der Waals surface area (Å²) in [5.41, 5.74) is 5.57. The second-order valence-electron chi connectivity index (χ2n) is 4.19. The Morgan fingerprint density at radius 1 is 1.38 bits per heavy atom. The van der Waals surface area contributed by atoms with Gasteiger partial charge in [0.1, 0.15) is 0 Å². The zero-order valence-electron chi connectivity index (χ0n) is 10.4. The molecule has 0 saturated heterocycles. The van der Waals surface area contributed by atoms with Crippen LogP contribution in [0.4, 0.5) is 0 Å². The van der Waals surface area contributed by atoms with Crippen LogP contribution in [0.3, 0.4) is 0 Å². The van der Waals surface area contributed by atoms with Gasteiger partial charge in [0.05, 0.1) is 6.17 Å². The van der Waals surface area contributed by atoms with Crippen LogP contribution in [0.1, 0.15) is 39.0 Å². The summed E-state index contributed by atoms with van der Waals surface area (Å²) < 4.78 is 0. The molecule has 0 radical (unpaired) electrons. The first-order valence-corrected chi connectivity index (χ1v) is 6.42. The molecule has 0 fully saturated rings. The second kappa shape index (κ2) is 8.22. The number of unbranched alkanes of at least 4 members (excludes halogenated alkanes) is 2. The van der Waals surface area contributed by atoms with Crippen molar-refractivity contribution in [3.05, 3.63) is 24.6 Å². The van der Waals surface area contributed by atoms with Crippen LogP contribution in [0.15, 0.2) is 24.6 Å². The van der Waals surface area contributed by atoms with Crippen molar-refractivity contribution in [1.82, 2.24) is 10.2 Å². The molecule has 92 valence electrons. The number of rotatable bonds is 8. The van der Waals surface area contributed by atoms with Crippen molar-refractivity contribution < 1.29 is 0 Å². The highest BCUT2D eigenvalue weighted by Crippen LogP contribution is 2.12. The molecule has 3 nitrogen and oxygen atoms in total. The van der Waals surface area contributed by atoms with Crippen LogP contribution in [-0.2, 0) is 0 Å². The fourth-order valence-electron chi connectivity index (χ4n) is 1.96. The van der Waals surface area contributed by atoms with Gasteiger partial charge in [0.25, 0.3) is 0 Å². The molecule has 0 aromatic heterocycles. The summed E-state index contributed by atoms with van der Waals surface area (Å²) in [5.74, 6) is 0. The van der Waals surface area contributed by atoms with Gasteiger partial charge in [-0.05, 0) is 32.1 Å².